The fourth-order valence-electron chi connectivity index (χ4n) is 4.67. The number of amides is 1. The smallest absolute Gasteiger partial charge is 0.336 e. The van der Waals surface area contributed by atoms with Gasteiger partial charge in [0.15, 0.2) is 5.60 Å². The zero-order valence-corrected chi connectivity index (χ0v) is 21.8. The first-order chi connectivity index (χ1) is 18.5. The molecule has 3 aliphatic rings. The summed E-state index contributed by atoms with van der Waals surface area (Å²) in [6, 6.07) is 8.80. The monoisotopic (exact) mass is 551 g/mol. The molecule has 3 fully saturated rings. The largest absolute Gasteiger partial charge is 0.481 e. The summed E-state index contributed by atoms with van der Waals surface area (Å²) in [5, 5.41) is 43.1. The second-order valence-electron chi connectivity index (χ2n) is 10.1. The van der Waals surface area contributed by atoms with Gasteiger partial charge in [-0.2, -0.15) is 0 Å². The molecule has 1 aromatic carbocycles. The van der Waals surface area contributed by atoms with Crippen LogP contribution < -0.4 is 0 Å². The van der Waals surface area contributed by atoms with Crippen LogP contribution in [0.1, 0.15) is 41.6 Å². The quantitative estimate of drug-likeness (QED) is 0.252. The third kappa shape index (κ3) is 9.25. The van der Waals surface area contributed by atoms with Crippen molar-refractivity contribution in [1.82, 2.24) is 14.7 Å². The number of benzene rings is 1. The number of piperazine rings is 1. The van der Waals surface area contributed by atoms with Crippen molar-refractivity contribution < 1.29 is 49.4 Å². The number of nitrogens with zero attached hydrogens (tertiary/aromatic N) is 3. The molecule has 0 aromatic heterocycles. The molecule has 1 saturated carbocycles. The van der Waals surface area contributed by atoms with E-state index in [1.54, 1.807) is 0 Å². The number of hydrogen-bond acceptors (Lipinski definition) is 9. The summed E-state index contributed by atoms with van der Waals surface area (Å²) in [5.41, 5.74) is -0.764. The molecule has 4 rings (SSSR count). The highest BCUT2D eigenvalue weighted by Gasteiger charge is 2.40. The highest BCUT2D eigenvalue weighted by molar-refractivity contribution is 5.94. The van der Waals surface area contributed by atoms with Gasteiger partial charge in [-0.1, -0.05) is 12.1 Å². The average Bonchev–Trinajstić information content (AvgIpc) is 3.74. The number of morpholine rings is 1. The maximum absolute atomic E-state index is 12.7. The van der Waals surface area contributed by atoms with Crippen molar-refractivity contribution in [2.24, 2.45) is 0 Å². The highest BCUT2D eigenvalue weighted by Crippen LogP contribution is 2.27. The second kappa shape index (κ2) is 13.8. The van der Waals surface area contributed by atoms with Crippen LogP contribution in [0.4, 0.5) is 0 Å². The van der Waals surface area contributed by atoms with Gasteiger partial charge in [0.2, 0.25) is 0 Å². The number of carbonyl (C=O) groups is 4. The maximum Gasteiger partial charge on any atom is 0.336 e. The highest BCUT2D eigenvalue weighted by atomic mass is 16.5. The first-order valence-corrected chi connectivity index (χ1v) is 13.0. The van der Waals surface area contributed by atoms with Crippen LogP contribution in [0.5, 0.6) is 0 Å². The first kappa shape index (κ1) is 30.4. The predicted molar refractivity (Wildman–Crippen MR) is 136 cm³/mol. The number of rotatable bonds is 10. The standard InChI is InChI=1S/C20H29N3O3.C6H8O7/c24-15-19-14-21(11-12-26-19)13-16-1-3-17(4-2-16)20(25)23-9-7-22(8-10-23)18-5-6-18;7-3(8)1-6(13,5(11)12)2-4(9)10/h1-4,18-19,24H,5-15H2;13H,1-2H2,(H,7,8)(H,9,10)(H,11,12). The minimum absolute atomic E-state index is 0.0674. The number of carboxylic acid groups (broad SMARTS) is 3. The SMILES string of the molecule is O=C(O)CC(O)(CC(=O)O)C(=O)O.O=C(c1ccc(CN2CCOC(CO)C2)cc1)N1CCN(C2CC2)CC1. The predicted octanol–water partition coefficient (Wildman–Crippen LogP) is -0.449. The van der Waals surface area contributed by atoms with E-state index in [-0.39, 0.29) is 18.6 Å². The number of carboxylic acids is 3. The van der Waals surface area contributed by atoms with E-state index in [1.165, 1.54) is 18.4 Å². The van der Waals surface area contributed by atoms with E-state index >= 15 is 0 Å². The van der Waals surface area contributed by atoms with Gasteiger partial charge in [-0.05, 0) is 30.5 Å². The molecule has 13 heteroatoms. The van der Waals surface area contributed by atoms with Crippen LogP contribution in [0.2, 0.25) is 0 Å². The number of carbonyl (C=O) groups excluding carboxylic acids is 1. The van der Waals surface area contributed by atoms with E-state index < -0.39 is 36.4 Å². The van der Waals surface area contributed by atoms with Crippen molar-refractivity contribution in [1.29, 1.82) is 0 Å². The first-order valence-electron chi connectivity index (χ1n) is 13.0. The molecule has 39 heavy (non-hydrogen) atoms. The van der Waals surface area contributed by atoms with Crippen LogP contribution in [0.15, 0.2) is 24.3 Å². The molecule has 1 amide bonds. The van der Waals surface area contributed by atoms with Crippen molar-refractivity contribution >= 4 is 23.8 Å². The normalized spacial score (nSPS) is 20.6. The molecule has 0 spiro atoms. The van der Waals surface area contributed by atoms with E-state index in [2.05, 4.69) is 21.9 Å². The Balaban J connectivity index is 0.000000276. The third-order valence-electron chi connectivity index (χ3n) is 6.98. The summed E-state index contributed by atoms with van der Waals surface area (Å²) in [6.45, 7) is 6.89. The molecule has 13 nitrogen and oxygen atoms in total. The van der Waals surface area contributed by atoms with Gasteiger partial charge in [0.1, 0.15) is 0 Å². The van der Waals surface area contributed by atoms with Crippen molar-refractivity contribution in [3.63, 3.8) is 0 Å². The van der Waals surface area contributed by atoms with Crippen LogP contribution in [0.25, 0.3) is 0 Å². The summed E-state index contributed by atoms with van der Waals surface area (Å²) in [5.74, 6) is -4.87. The molecule has 2 saturated heterocycles. The lowest BCUT2D eigenvalue weighted by Crippen LogP contribution is -2.49. The van der Waals surface area contributed by atoms with Gasteiger partial charge in [0.25, 0.3) is 5.91 Å². The van der Waals surface area contributed by atoms with Crippen molar-refractivity contribution in [3.8, 4) is 0 Å². The number of aliphatic hydroxyl groups excluding tert-OH is 1. The molecule has 0 radical (unpaired) electrons. The summed E-state index contributed by atoms with van der Waals surface area (Å²) >= 11 is 0. The molecule has 2 aliphatic heterocycles. The fourth-order valence-corrected chi connectivity index (χ4v) is 4.67. The summed E-state index contributed by atoms with van der Waals surface area (Å²) in [6.07, 6.45) is 0.289. The Kier molecular flexibility index (Phi) is 10.8. The summed E-state index contributed by atoms with van der Waals surface area (Å²) in [7, 11) is 0. The van der Waals surface area contributed by atoms with Crippen LogP contribution in [0, 0.1) is 0 Å². The van der Waals surface area contributed by atoms with Crippen molar-refractivity contribution in [2.45, 2.75) is 50.0 Å². The van der Waals surface area contributed by atoms with E-state index in [4.69, 9.17) is 25.2 Å². The van der Waals surface area contributed by atoms with Gasteiger partial charge in [0.05, 0.1) is 32.2 Å². The molecule has 1 aliphatic carbocycles. The van der Waals surface area contributed by atoms with Gasteiger partial charge >= 0.3 is 17.9 Å². The van der Waals surface area contributed by atoms with Crippen LogP contribution in [0.3, 0.4) is 0 Å². The Morgan fingerprint density at radius 2 is 1.49 bits per heavy atom. The molecule has 1 unspecified atom stereocenters. The van der Waals surface area contributed by atoms with Crippen LogP contribution in [-0.4, -0.2) is 134 Å². The zero-order valence-electron chi connectivity index (χ0n) is 21.8. The Bertz CT molecular complexity index is 990. The van der Waals surface area contributed by atoms with Gasteiger partial charge in [-0.3, -0.25) is 24.2 Å². The van der Waals surface area contributed by atoms with Crippen molar-refractivity contribution in [2.75, 3.05) is 52.5 Å². The van der Waals surface area contributed by atoms with Crippen molar-refractivity contribution in [3.05, 3.63) is 35.4 Å². The Labute approximate surface area is 226 Å². The molecule has 1 atom stereocenters. The molecule has 1 aromatic rings. The molecular weight excluding hydrogens is 514 g/mol. The van der Waals surface area contributed by atoms with Gasteiger partial charge in [-0.15, -0.1) is 0 Å². The van der Waals surface area contributed by atoms with Gasteiger partial charge < -0.3 is 35.2 Å². The average molecular weight is 552 g/mol. The lowest BCUT2D eigenvalue weighted by molar-refractivity contribution is -0.170. The number of hydrogen-bond donors (Lipinski definition) is 5. The molecule has 0 bridgehead atoms. The van der Waals surface area contributed by atoms with E-state index in [9.17, 15) is 24.3 Å². The molecule has 2 heterocycles. The number of ether oxygens (including phenoxy) is 1. The molecule has 5 N–H and O–H groups in total. The molecular formula is C26H37N3O10. The second-order valence-corrected chi connectivity index (χ2v) is 10.1. The fraction of sp³-hybridized carbons (Fsp3) is 0.615. The Hall–Kier alpha value is -3.10. The lowest BCUT2D eigenvalue weighted by Gasteiger charge is -2.35. The number of aliphatic carboxylic acids is 3. The van der Waals surface area contributed by atoms with Crippen LogP contribution >= 0.6 is 0 Å². The summed E-state index contributed by atoms with van der Waals surface area (Å²) in [4.78, 5) is 50.0. The number of aliphatic hydroxyl groups is 2. The van der Waals surface area contributed by atoms with Gasteiger partial charge in [0, 0.05) is 57.4 Å². The Morgan fingerprint density at radius 3 is 1.97 bits per heavy atom. The van der Waals surface area contributed by atoms with Gasteiger partial charge in [-0.25, -0.2) is 4.79 Å². The zero-order chi connectivity index (χ0) is 28.6. The topological polar surface area (TPSA) is 188 Å². The summed E-state index contributed by atoms with van der Waals surface area (Å²) < 4.78 is 5.49. The van der Waals surface area contributed by atoms with E-state index in [0.717, 1.165) is 57.4 Å². The third-order valence-corrected chi connectivity index (χ3v) is 6.98. The minimum atomic E-state index is -2.74. The minimum Gasteiger partial charge on any atom is -0.481 e. The van der Waals surface area contributed by atoms with Crippen LogP contribution in [-0.2, 0) is 25.7 Å². The maximum atomic E-state index is 12.7. The Morgan fingerprint density at radius 1 is 0.897 bits per heavy atom. The lowest BCUT2D eigenvalue weighted by atomic mass is 9.96. The van der Waals surface area contributed by atoms with E-state index in [1.807, 2.05) is 17.0 Å². The molecule has 216 valence electrons. The van der Waals surface area contributed by atoms with E-state index in [0.29, 0.717) is 6.61 Å².